The molecule has 2 heterocycles. The number of benzene rings is 2. The lowest BCUT2D eigenvalue weighted by Crippen LogP contribution is -2.32. The van der Waals surface area contributed by atoms with Crippen LogP contribution in [0.3, 0.4) is 0 Å². The summed E-state index contributed by atoms with van der Waals surface area (Å²) in [5.41, 5.74) is 0.865. The van der Waals surface area contributed by atoms with E-state index in [1.807, 2.05) is 12.1 Å². The summed E-state index contributed by atoms with van der Waals surface area (Å²) >= 11 is 1.24. The van der Waals surface area contributed by atoms with Gasteiger partial charge in [0.1, 0.15) is 0 Å². The van der Waals surface area contributed by atoms with Crippen LogP contribution in [0.5, 0.6) is 11.5 Å². The Morgan fingerprint density at radius 1 is 1.10 bits per heavy atom. The highest BCUT2D eigenvalue weighted by Gasteiger charge is 2.24. The fraction of sp³-hybridized carbons (Fsp3) is 0.346. The summed E-state index contributed by atoms with van der Waals surface area (Å²) in [6, 6.07) is 12.7. The average Bonchev–Trinajstić information content (AvgIpc) is 3.53. The average molecular weight is 584 g/mol. The first-order valence-electron chi connectivity index (χ1n) is 12.3. The lowest BCUT2D eigenvalue weighted by atomic mass is 10.2. The highest BCUT2D eigenvalue weighted by atomic mass is 32.2. The normalized spacial score (nSPS) is 12.8. The fourth-order valence-corrected chi connectivity index (χ4v) is 6.47. The number of carbonyl (C=O) groups excluding carboxylic acids is 2. The van der Waals surface area contributed by atoms with Crippen molar-refractivity contribution < 1.29 is 32.2 Å². The molecule has 0 fully saturated rings. The molecular formula is C26H25N5O7S2. The third kappa shape index (κ3) is 6.31. The van der Waals surface area contributed by atoms with Crippen molar-refractivity contribution in [2.45, 2.75) is 37.6 Å². The quantitative estimate of drug-likeness (QED) is 0.309. The number of thiazole rings is 1. The van der Waals surface area contributed by atoms with Gasteiger partial charge in [-0.1, -0.05) is 11.3 Å². The van der Waals surface area contributed by atoms with Gasteiger partial charge in [-0.2, -0.15) is 19.8 Å². The molecule has 1 aromatic heterocycles. The standard InChI is InChI=1S/C26H25N5O7S2/c1-2-36-24(32)9-14-31-20-15-21-22(38-17-37-21)16-23(20)39-26(31)29-25(33)18-5-7-19(8-6-18)40(34,35)30(12-3-10-27)13-4-11-28/h5-8,15-16H,2-4,9,12-14,17H2,1H3. The second-order valence-electron chi connectivity index (χ2n) is 8.43. The molecule has 208 valence electrons. The number of nitriles is 2. The number of aryl methyl sites for hydroxylation is 1. The molecule has 3 aromatic rings. The first-order valence-corrected chi connectivity index (χ1v) is 14.6. The lowest BCUT2D eigenvalue weighted by molar-refractivity contribution is -0.143. The van der Waals surface area contributed by atoms with E-state index in [0.29, 0.717) is 21.8 Å². The molecule has 1 aliphatic heterocycles. The molecule has 12 nitrogen and oxygen atoms in total. The van der Waals surface area contributed by atoms with E-state index in [-0.39, 0.29) is 68.7 Å². The highest BCUT2D eigenvalue weighted by molar-refractivity contribution is 7.89. The van der Waals surface area contributed by atoms with Crippen LogP contribution in [-0.2, 0) is 26.1 Å². The largest absolute Gasteiger partial charge is 0.466 e. The van der Waals surface area contributed by atoms with E-state index < -0.39 is 15.9 Å². The van der Waals surface area contributed by atoms with Crippen molar-refractivity contribution in [3.8, 4) is 23.6 Å². The monoisotopic (exact) mass is 583 g/mol. The van der Waals surface area contributed by atoms with Crippen molar-refractivity contribution >= 4 is 43.5 Å². The van der Waals surface area contributed by atoms with Crippen LogP contribution >= 0.6 is 11.3 Å². The number of aromatic nitrogens is 1. The van der Waals surface area contributed by atoms with E-state index in [1.54, 1.807) is 23.6 Å². The molecule has 4 rings (SSSR count). The molecule has 0 N–H and O–H groups in total. The molecule has 40 heavy (non-hydrogen) atoms. The zero-order chi connectivity index (χ0) is 28.7. The zero-order valence-electron chi connectivity index (χ0n) is 21.5. The molecule has 0 saturated carbocycles. The smallest absolute Gasteiger partial charge is 0.307 e. The molecule has 0 radical (unpaired) electrons. The fourth-order valence-electron chi connectivity index (χ4n) is 3.97. The second-order valence-corrected chi connectivity index (χ2v) is 11.4. The number of ether oxygens (including phenoxy) is 3. The first kappa shape index (κ1) is 28.8. The number of esters is 1. The Morgan fingerprint density at radius 3 is 2.38 bits per heavy atom. The van der Waals surface area contributed by atoms with Gasteiger partial charge in [-0.3, -0.25) is 9.59 Å². The molecule has 14 heteroatoms. The maximum absolute atomic E-state index is 13.1. The Bertz CT molecular complexity index is 1660. The van der Waals surface area contributed by atoms with E-state index in [4.69, 9.17) is 24.7 Å². The van der Waals surface area contributed by atoms with Gasteiger partial charge in [-0.25, -0.2) is 8.42 Å². The molecule has 0 spiro atoms. The number of rotatable bonds is 11. The third-order valence-electron chi connectivity index (χ3n) is 5.90. The molecule has 2 aromatic carbocycles. The second kappa shape index (κ2) is 12.7. The van der Waals surface area contributed by atoms with Gasteiger partial charge in [-0.15, -0.1) is 0 Å². The molecule has 0 bridgehead atoms. The minimum Gasteiger partial charge on any atom is -0.466 e. The minimum absolute atomic E-state index is 0.0212. The molecule has 0 aliphatic carbocycles. The van der Waals surface area contributed by atoms with Gasteiger partial charge in [0.15, 0.2) is 16.3 Å². The van der Waals surface area contributed by atoms with Crippen LogP contribution in [0, 0.1) is 22.7 Å². The summed E-state index contributed by atoms with van der Waals surface area (Å²) in [5.74, 6) is 0.122. The van der Waals surface area contributed by atoms with Gasteiger partial charge in [0.25, 0.3) is 5.91 Å². The predicted octanol–water partition coefficient (Wildman–Crippen LogP) is 2.94. The van der Waals surface area contributed by atoms with E-state index in [9.17, 15) is 18.0 Å². The maximum Gasteiger partial charge on any atom is 0.307 e. The first-order chi connectivity index (χ1) is 19.3. The summed E-state index contributed by atoms with van der Waals surface area (Å²) in [6.07, 6.45) is 0.0233. The Kier molecular flexibility index (Phi) is 9.16. The van der Waals surface area contributed by atoms with Crippen molar-refractivity contribution in [2.75, 3.05) is 26.5 Å². The van der Waals surface area contributed by atoms with Gasteiger partial charge < -0.3 is 18.8 Å². The van der Waals surface area contributed by atoms with E-state index in [0.717, 1.165) is 9.01 Å². The van der Waals surface area contributed by atoms with Crippen LogP contribution in [0.15, 0.2) is 46.3 Å². The Hall–Kier alpha value is -4.24. The number of nitrogens with zero attached hydrogens (tertiary/aromatic N) is 5. The molecular weight excluding hydrogens is 558 g/mol. The highest BCUT2D eigenvalue weighted by Crippen LogP contribution is 2.37. The van der Waals surface area contributed by atoms with Crippen molar-refractivity contribution in [3.05, 3.63) is 46.8 Å². The summed E-state index contributed by atoms with van der Waals surface area (Å²) in [6.45, 7) is 2.19. The SMILES string of the molecule is CCOC(=O)CCn1c(=NC(=O)c2ccc(S(=O)(=O)N(CCC#N)CCC#N)cc2)sc2cc3c(cc21)OCO3. The third-order valence-corrected chi connectivity index (χ3v) is 8.86. The van der Waals surface area contributed by atoms with Gasteiger partial charge >= 0.3 is 5.97 Å². The number of hydrogen-bond acceptors (Lipinski definition) is 10. The Balaban J connectivity index is 1.65. The maximum atomic E-state index is 13.1. The van der Waals surface area contributed by atoms with E-state index >= 15 is 0 Å². The Labute approximate surface area is 234 Å². The van der Waals surface area contributed by atoms with Gasteiger partial charge in [0, 0.05) is 50.2 Å². The molecule has 1 aliphatic rings. The van der Waals surface area contributed by atoms with Crippen LogP contribution in [0.1, 0.15) is 36.5 Å². The van der Waals surface area contributed by atoms with E-state index in [1.165, 1.54) is 35.6 Å². The van der Waals surface area contributed by atoms with Crippen LogP contribution in [0.4, 0.5) is 0 Å². The van der Waals surface area contributed by atoms with Crippen LogP contribution in [0.2, 0.25) is 0 Å². The van der Waals surface area contributed by atoms with Crippen LogP contribution < -0.4 is 14.3 Å². The summed E-state index contributed by atoms with van der Waals surface area (Å²) in [5, 5.41) is 17.7. The number of amides is 1. The van der Waals surface area contributed by atoms with Crippen molar-refractivity contribution in [3.63, 3.8) is 0 Å². The molecule has 1 amide bonds. The van der Waals surface area contributed by atoms with Gasteiger partial charge in [-0.05, 0) is 31.2 Å². The predicted molar refractivity (Wildman–Crippen MR) is 143 cm³/mol. The van der Waals surface area contributed by atoms with Crippen LogP contribution in [0.25, 0.3) is 10.2 Å². The number of fused-ring (bicyclic) bond motifs is 2. The number of hydrogen-bond donors (Lipinski definition) is 0. The summed E-state index contributed by atoms with van der Waals surface area (Å²) in [4.78, 5) is 29.7. The molecule has 0 atom stereocenters. The van der Waals surface area contributed by atoms with Crippen molar-refractivity contribution in [1.29, 1.82) is 10.5 Å². The summed E-state index contributed by atoms with van der Waals surface area (Å²) < 4.78 is 45.7. The topological polar surface area (TPSA) is 164 Å². The molecule has 0 unspecified atom stereocenters. The number of sulfonamides is 1. The van der Waals surface area contributed by atoms with E-state index in [2.05, 4.69) is 4.99 Å². The lowest BCUT2D eigenvalue weighted by Gasteiger charge is -2.20. The van der Waals surface area contributed by atoms with Gasteiger partial charge in [0.2, 0.25) is 16.8 Å². The summed E-state index contributed by atoms with van der Waals surface area (Å²) in [7, 11) is -3.98. The van der Waals surface area contributed by atoms with Crippen LogP contribution in [-0.4, -0.2) is 55.7 Å². The van der Waals surface area contributed by atoms with Crippen molar-refractivity contribution in [1.82, 2.24) is 8.87 Å². The minimum atomic E-state index is -3.98. The zero-order valence-corrected chi connectivity index (χ0v) is 23.2. The van der Waals surface area contributed by atoms with Gasteiger partial charge in [0.05, 0.1) is 40.3 Å². The Morgan fingerprint density at radius 2 is 1.75 bits per heavy atom. The van der Waals surface area contributed by atoms with Crippen molar-refractivity contribution in [2.24, 2.45) is 4.99 Å². The molecule has 0 saturated heterocycles. The number of carbonyl (C=O) groups is 2.